The molecule has 3 aromatic rings. The van der Waals surface area contributed by atoms with Gasteiger partial charge in [-0.15, -0.1) is 0 Å². The number of nitrogens with one attached hydrogen (secondary N) is 1. The maximum Gasteiger partial charge on any atom is 0.352 e. The Morgan fingerprint density at radius 2 is 1.39 bits per heavy atom. The summed E-state index contributed by atoms with van der Waals surface area (Å²) >= 11 is 0. The summed E-state index contributed by atoms with van der Waals surface area (Å²) < 4.78 is 11.9. The van der Waals surface area contributed by atoms with Crippen molar-refractivity contribution >= 4 is 18.0 Å². The number of carbonyl (C=O) groups is 2. The van der Waals surface area contributed by atoms with Gasteiger partial charge in [-0.05, 0) is 34.9 Å². The number of carboxylic acid groups (broad SMARTS) is 1. The van der Waals surface area contributed by atoms with Crippen LogP contribution in [0.5, 0.6) is 11.5 Å². The predicted molar refractivity (Wildman–Crippen MR) is 117 cm³/mol. The van der Waals surface area contributed by atoms with E-state index in [0.29, 0.717) is 30.3 Å². The molecule has 0 aromatic heterocycles. The predicted octanol–water partition coefficient (Wildman–Crippen LogP) is 4.41. The molecule has 0 bridgehead atoms. The topological polar surface area (TPSA) is 84.9 Å². The van der Waals surface area contributed by atoms with Crippen molar-refractivity contribution in [3.8, 4) is 11.5 Å². The standard InChI is InChI=1S/C25H23NO5/c1-18(27)26-22(25(28)29)14-21-12-13-23(30-16-19-8-4-2-5-9-19)24(15-21)31-17-20-10-6-3-7-11-20/h2-15H,16-17H2,1H3,(H,26,27)(H,28,29). The van der Waals surface area contributed by atoms with E-state index in [1.54, 1.807) is 18.2 Å². The molecule has 0 aliphatic rings. The minimum atomic E-state index is -1.23. The van der Waals surface area contributed by atoms with Crippen LogP contribution in [-0.4, -0.2) is 17.0 Å². The average Bonchev–Trinajstić information content (AvgIpc) is 2.77. The number of benzene rings is 3. The van der Waals surface area contributed by atoms with Crippen LogP contribution < -0.4 is 14.8 Å². The van der Waals surface area contributed by atoms with Crippen molar-refractivity contribution in [3.63, 3.8) is 0 Å². The van der Waals surface area contributed by atoms with Gasteiger partial charge in [-0.1, -0.05) is 66.7 Å². The van der Waals surface area contributed by atoms with Gasteiger partial charge in [0.25, 0.3) is 0 Å². The van der Waals surface area contributed by atoms with E-state index in [4.69, 9.17) is 9.47 Å². The molecule has 0 atom stereocenters. The molecule has 0 aliphatic carbocycles. The van der Waals surface area contributed by atoms with Gasteiger partial charge in [0.1, 0.15) is 18.9 Å². The Hall–Kier alpha value is -4.06. The normalized spacial score (nSPS) is 10.9. The number of rotatable bonds is 9. The number of hydrogen-bond acceptors (Lipinski definition) is 4. The van der Waals surface area contributed by atoms with Gasteiger partial charge in [0.2, 0.25) is 5.91 Å². The minimum Gasteiger partial charge on any atom is -0.485 e. The monoisotopic (exact) mass is 417 g/mol. The number of ether oxygens (including phenoxy) is 2. The van der Waals surface area contributed by atoms with Crippen LogP contribution in [0, 0.1) is 0 Å². The van der Waals surface area contributed by atoms with Crippen molar-refractivity contribution in [2.75, 3.05) is 0 Å². The van der Waals surface area contributed by atoms with Gasteiger partial charge in [-0.2, -0.15) is 0 Å². The van der Waals surface area contributed by atoms with Crippen molar-refractivity contribution in [1.82, 2.24) is 5.32 Å². The Balaban J connectivity index is 1.86. The van der Waals surface area contributed by atoms with Crippen LogP contribution in [0.2, 0.25) is 0 Å². The first-order valence-electron chi connectivity index (χ1n) is 9.71. The van der Waals surface area contributed by atoms with Crippen LogP contribution in [0.25, 0.3) is 6.08 Å². The van der Waals surface area contributed by atoms with E-state index >= 15 is 0 Å². The first kappa shape index (κ1) is 21.6. The van der Waals surface area contributed by atoms with E-state index < -0.39 is 11.9 Å². The molecule has 0 radical (unpaired) electrons. The summed E-state index contributed by atoms with van der Waals surface area (Å²) in [5.41, 5.74) is 2.34. The molecule has 158 valence electrons. The smallest absolute Gasteiger partial charge is 0.352 e. The van der Waals surface area contributed by atoms with E-state index in [2.05, 4.69) is 5.32 Å². The third-order valence-corrected chi connectivity index (χ3v) is 4.29. The summed E-state index contributed by atoms with van der Waals surface area (Å²) in [5.74, 6) is -0.683. The highest BCUT2D eigenvalue weighted by atomic mass is 16.5. The van der Waals surface area contributed by atoms with Crippen LogP contribution in [0.15, 0.2) is 84.6 Å². The lowest BCUT2D eigenvalue weighted by molar-refractivity contribution is -0.134. The van der Waals surface area contributed by atoms with Crippen molar-refractivity contribution in [3.05, 3.63) is 101 Å². The van der Waals surface area contributed by atoms with Crippen molar-refractivity contribution in [2.45, 2.75) is 20.1 Å². The number of aliphatic carboxylic acids is 1. The summed E-state index contributed by atoms with van der Waals surface area (Å²) in [6, 6.07) is 24.6. The highest BCUT2D eigenvalue weighted by molar-refractivity contribution is 5.96. The quantitative estimate of drug-likeness (QED) is 0.504. The van der Waals surface area contributed by atoms with Crippen LogP contribution in [0.1, 0.15) is 23.6 Å². The summed E-state index contributed by atoms with van der Waals surface area (Å²) in [4.78, 5) is 22.7. The maximum atomic E-state index is 11.4. The maximum absolute atomic E-state index is 11.4. The molecule has 6 heteroatoms. The van der Waals surface area contributed by atoms with E-state index in [0.717, 1.165) is 11.1 Å². The molecular formula is C25H23NO5. The van der Waals surface area contributed by atoms with Gasteiger partial charge in [-0.3, -0.25) is 4.79 Å². The second-order valence-electron chi connectivity index (χ2n) is 6.80. The van der Waals surface area contributed by atoms with Crippen molar-refractivity contribution < 1.29 is 24.2 Å². The highest BCUT2D eigenvalue weighted by Crippen LogP contribution is 2.31. The van der Waals surface area contributed by atoms with Crippen molar-refractivity contribution in [2.24, 2.45) is 0 Å². The number of amides is 1. The third-order valence-electron chi connectivity index (χ3n) is 4.29. The Bertz CT molecular complexity index is 1060. The molecule has 0 spiro atoms. The molecular weight excluding hydrogens is 394 g/mol. The first-order chi connectivity index (χ1) is 15.0. The van der Waals surface area contributed by atoms with Gasteiger partial charge >= 0.3 is 5.97 Å². The SMILES string of the molecule is CC(=O)NC(=Cc1ccc(OCc2ccccc2)c(OCc2ccccc2)c1)C(=O)O. The Morgan fingerprint density at radius 3 is 1.90 bits per heavy atom. The molecule has 0 heterocycles. The average molecular weight is 417 g/mol. The van der Waals surface area contributed by atoms with Gasteiger partial charge in [0.05, 0.1) is 0 Å². The Kier molecular flexibility index (Phi) is 7.43. The highest BCUT2D eigenvalue weighted by Gasteiger charge is 2.12. The molecule has 31 heavy (non-hydrogen) atoms. The zero-order chi connectivity index (χ0) is 22.1. The second kappa shape index (κ2) is 10.6. The minimum absolute atomic E-state index is 0.223. The summed E-state index contributed by atoms with van der Waals surface area (Å²) in [5, 5.41) is 11.6. The lowest BCUT2D eigenvalue weighted by Gasteiger charge is -2.14. The molecule has 2 N–H and O–H groups in total. The lowest BCUT2D eigenvalue weighted by Crippen LogP contribution is -2.24. The molecule has 0 saturated heterocycles. The third kappa shape index (κ3) is 6.75. The summed E-state index contributed by atoms with van der Waals surface area (Å²) in [6.45, 7) is 1.95. The zero-order valence-corrected chi connectivity index (χ0v) is 17.1. The molecule has 3 aromatic carbocycles. The molecule has 0 fully saturated rings. The molecule has 0 aliphatic heterocycles. The molecule has 6 nitrogen and oxygen atoms in total. The largest absolute Gasteiger partial charge is 0.485 e. The fraction of sp³-hybridized carbons (Fsp3) is 0.120. The van der Waals surface area contributed by atoms with Crippen LogP contribution in [0.3, 0.4) is 0 Å². The molecule has 3 rings (SSSR count). The summed E-state index contributed by atoms with van der Waals surface area (Å²) in [7, 11) is 0. The fourth-order valence-corrected chi connectivity index (χ4v) is 2.82. The van der Waals surface area contributed by atoms with Gasteiger partial charge in [-0.25, -0.2) is 4.79 Å². The van der Waals surface area contributed by atoms with Crippen molar-refractivity contribution in [1.29, 1.82) is 0 Å². The zero-order valence-electron chi connectivity index (χ0n) is 17.1. The molecule has 0 unspecified atom stereocenters. The molecule has 0 saturated carbocycles. The lowest BCUT2D eigenvalue weighted by atomic mass is 10.1. The van der Waals surface area contributed by atoms with Crippen LogP contribution >= 0.6 is 0 Å². The van der Waals surface area contributed by atoms with Crippen LogP contribution in [0.4, 0.5) is 0 Å². The number of carbonyl (C=O) groups excluding carboxylic acids is 1. The van der Waals surface area contributed by atoms with E-state index in [1.807, 2.05) is 60.7 Å². The number of hydrogen-bond donors (Lipinski definition) is 2. The van der Waals surface area contributed by atoms with Gasteiger partial charge in [0.15, 0.2) is 11.5 Å². The second-order valence-corrected chi connectivity index (χ2v) is 6.80. The summed E-state index contributed by atoms with van der Waals surface area (Å²) in [6.07, 6.45) is 1.38. The number of carboxylic acids is 1. The molecule has 1 amide bonds. The van der Waals surface area contributed by atoms with E-state index in [-0.39, 0.29) is 5.70 Å². The Labute approximate surface area is 180 Å². The first-order valence-corrected chi connectivity index (χ1v) is 9.71. The van der Waals surface area contributed by atoms with Crippen LogP contribution in [-0.2, 0) is 22.8 Å². The Morgan fingerprint density at radius 1 is 0.839 bits per heavy atom. The van der Waals surface area contributed by atoms with E-state index in [1.165, 1.54) is 13.0 Å². The van der Waals surface area contributed by atoms with Gasteiger partial charge < -0.3 is 19.9 Å². The van der Waals surface area contributed by atoms with Gasteiger partial charge in [0, 0.05) is 6.92 Å². The van der Waals surface area contributed by atoms with E-state index in [9.17, 15) is 14.7 Å². The fourth-order valence-electron chi connectivity index (χ4n) is 2.82.